The van der Waals surface area contributed by atoms with Crippen LogP contribution in [0, 0.1) is 12.8 Å². The highest BCUT2D eigenvalue weighted by Crippen LogP contribution is 2.34. The molecule has 0 amide bonds. The van der Waals surface area contributed by atoms with Crippen molar-refractivity contribution in [1.29, 1.82) is 0 Å². The molecule has 0 radical (unpaired) electrons. The van der Waals surface area contributed by atoms with Gasteiger partial charge in [-0.1, -0.05) is 23.8 Å². The summed E-state index contributed by atoms with van der Waals surface area (Å²) in [4.78, 5) is 25.1. The van der Waals surface area contributed by atoms with Gasteiger partial charge >= 0.3 is 5.97 Å². The Balaban J connectivity index is 1.77. The van der Waals surface area contributed by atoms with Crippen molar-refractivity contribution in [1.82, 2.24) is 0 Å². The van der Waals surface area contributed by atoms with Gasteiger partial charge in [0.2, 0.25) is 0 Å². The molecular weight excluding hydrogens is 444 g/mol. The lowest BCUT2D eigenvalue weighted by Gasteiger charge is -2.14. The maximum atomic E-state index is 12.2. The number of aliphatic hydroxyl groups is 1. The second kappa shape index (κ2) is 11.7. The number of carbonyl (C=O) groups is 2. The van der Waals surface area contributed by atoms with Crippen molar-refractivity contribution in [3.63, 3.8) is 0 Å². The molecule has 154 valence electrons. The molecule has 1 fully saturated rings. The summed E-state index contributed by atoms with van der Waals surface area (Å²) in [5.74, 6) is -0.747. The number of hydrogen-bond donors (Lipinski definition) is 2. The van der Waals surface area contributed by atoms with Crippen LogP contribution in [0.1, 0.15) is 41.9 Å². The normalized spacial score (nSPS) is 21.0. The zero-order valence-corrected chi connectivity index (χ0v) is 18.4. The molecule has 1 aliphatic rings. The molecule has 1 aromatic rings. The summed E-state index contributed by atoms with van der Waals surface area (Å²) in [5.41, 5.74) is 1.15. The zero-order valence-electron chi connectivity index (χ0n) is 16.0. The smallest absolute Gasteiger partial charge is 0.329 e. The quantitative estimate of drug-likeness (QED) is 0.368. The lowest BCUT2D eigenvalue weighted by Crippen LogP contribution is -2.13. The van der Waals surface area contributed by atoms with Crippen molar-refractivity contribution >= 4 is 39.0 Å². The molecule has 2 rings (SSSR count). The number of carbonyl (C=O) groups excluding carboxylic acids is 1. The molecule has 0 aliphatic heterocycles. The number of carboxylic acids is 1. The van der Waals surface area contributed by atoms with Gasteiger partial charge in [-0.15, -0.1) is 11.3 Å². The number of aliphatic hydroxyl groups excluding tert-OH is 1. The van der Waals surface area contributed by atoms with Gasteiger partial charge in [-0.05, 0) is 54.6 Å². The van der Waals surface area contributed by atoms with Gasteiger partial charge in [0.15, 0.2) is 0 Å². The number of ether oxygens (including phenoxy) is 1. The van der Waals surface area contributed by atoms with E-state index in [2.05, 4.69) is 28.9 Å². The number of ketones is 1. The van der Waals surface area contributed by atoms with Crippen LogP contribution >= 0.6 is 27.3 Å². The Morgan fingerprint density at radius 1 is 1.39 bits per heavy atom. The highest BCUT2D eigenvalue weighted by molar-refractivity contribution is 9.10. The Morgan fingerprint density at radius 2 is 2.18 bits per heavy atom. The van der Waals surface area contributed by atoms with Crippen molar-refractivity contribution in [2.24, 2.45) is 5.92 Å². The fourth-order valence-corrected chi connectivity index (χ4v) is 4.89. The van der Waals surface area contributed by atoms with Crippen LogP contribution in [0.15, 0.2) is 34.3 Å². The van der Waals surface area contributed by atoms with E-state index in [9.17, 15) is 14.7 Å². The number of halogens is 1. The van der Waals surface area contributed by atoms with Crippen molar-refractivity contribution in [3.8, 4) is 0 Å². The number of hydrogen-bond acceptors (Lipinski definition) is 5. The molecule has 1 aromatic heterocycles. The molecule has 1 heterocycles. The molecule has 7 heteroatoms. The average Bonchev–Trinajstić information content (AvgIpc) is 3.16. The minimum absolute atomic E-state index is 0.0272. The summed E-state index contributed by atoms with van der Waals surface area (Å²) in [6.07, 6.45) is 9.21. The topological polar surface area (TPSA) is 83.8 Å². The second-order valence-electron chi connectivity index (χ2n) is 6.97. The predicted molar refractivity (Wildman–Crippen MR) is 114 cm³/mol. The van der Waals surface area contributed by atoms with E-state index in [-0.39, 0.29) is 24.9 Å². The number of thiophene rings is 1. The molecule has 1 unspecified atom stereocenters. The van der Waals surface area contributed by atoms with Gasteiger partial charge in [0.05, 0.1) is 12.7 Å². The van der Waals surface area contributed by atoms with E-state index in [1.807, 2.05) is 12.2 Å². The standard InChI is InChI=1S/C21H27BrO5S/c1-14-19(22)12-17(28-14)9-8-16(23)7-5-15-6-10-20(24)18(15)4-2-3-11-27-13-21(25)26/h2-3,5,12,18,20,24H,4,6-11,13H2,1H3,(H,25,26)/t18-,20?/m1/s1. The molecule has 0 saturated heterocycles. The monoisotopic (exact) mass is 470 g/mol. The number of aryl methyl sites for hydroxylation is 2. The Morgan fingerprint density at radius 3 is 2.86 bits per heavy atom. The lowest BCUT2D eigenvalue weighted by molar-refractivity contribution is -0.141. The molecular formula is C21H27BrO5S. The Hall–Kier alpha value is -1.28. The molecule has 0 bridgehead atoms. The second-order valence-corrected chi connectivity index (χ2v) is 9.16. The van der Waals surface area contributed by atoms with Gasteiger partial charge in [-0.2, -0.15) is 0 Å². The Kier molecular flexibility index (Phi) is 9.58. The molecule has 1 aliphatic carbocycles. The van der Waals surface area contributed by atoms with Crippen LogP contribution in [0.2, 0.25) is 0 Å². The minimum Gasteiger partial charge on any atom is -0.480 e. The van der Waals surface area contributed by atoms with E-state index in [4.69, 9.17) is 9.84 Å². The van der Waals surface area contributed by atoms with E-state index < -0.39 is 12.1 Å². The van der Waals surface area contributed by atoms with Crippen molar-refractivity contribution in [2.45, 2.75) is 51.6 Å². The minimum atomic E-state index is -0.989. The zero-order chi connectivity index (χ0) is 20.5. The average molecular weight is 471 g/mol. The van der Waals surface area contributed by atoms with E-state index in [0.717, 1.165) is 29.3 Å². The van der Waals surface area contributed by atoms with Crippen molar-refractivity contribution < 1.29 is 24.5 Å². The van der Waals surface area contributed by atoms with Crippen LogP contribution in [0.5, 0.6) is 0 Å². The molecule has 5 nitrogen and oxygen atoms in total. The molecule has 1 saturated carbocycles. The number of Topliss-reactive ketones (excluding diaryl/α,β-unsaturated/α-hetero) is 1. The van der Waals surface area contributed by atoms with Crippen LogP contribution < -0.4 is 0 Å². The number of carboxylic acid groups (broad SMARTS) is 1. The first-order valence-corrected chi connectivity index (χ1v) is 11.1. The Bertz CT molecular complexity index is 718. The summed E-state index contributed by atoms with van der Waals surface area (Å²) in [6, 6.07) is 2.08. The van der Waals surface area contributed by atoms with E-state index in [1.54, 1.807) is 17.4 Å². The van der Waals surface area contributed by atoms with Crippen molar-refractivity contribution in [3.05, 3.63) is 44.1 Å². The summed E-state index contributed by atoms with van der Waals surface area (Å²) < 4.78 is 6.06. The third-order valence-corrected chi connectivity index (χ3v) is 7.01. The summed E-state index contributed by atoms with van der Waals surface area (Å²) in [7, 11) is 0. The maximum absolute atomic E-state index is 12.2. The van der Waals surface area contributed by atoms with E-state index in [1.165, 1.54) is 9.75 Å². The van der Waals surface area contributed by atoms with Gasteiger partial charge in [0.25, 0.3) is 0 Å². The van der Waals surface area contributed by atoms with Gasteiger partial charge in [-0.3, -0.25) is 4.79 Å². The fraction of sp³-hybridized carbons (Fsp3) is 0.524. The highest BCUT2D eigenvalue weighted by Gasteiger charge is 2.28. The van der Waals surface area contributed by atoms with Crippen LogP contribution in [-0.4, -0.2) is 41.3 Å². The van der Waals surface area contributed by atoms with Crippen LogP contribution in [0.25, 0.3) is 0 Å². The van der Waals surface area contributed by atoms with Gasteiger partial charge in [0, 0.05) is 33.0 Å². The highest BCUT2D eigenvalue weighted by atomic mass is 79.9. The van der Waals surface area contributed by atoms with Gasteiger partial charge in [-0.25, -0.2) is 4.79 Å². The Labute approximate surface area is 178 Å². The van der Waals surface area contributed by atoms with Crippen LogP contribution in [0.3, 0.4) is 0 Å². The largest absolute Gasteiger partial charge is 0.480 e. The number of rotatable bonds is 11. The number of aliphatic carboxylic acids is 1. The summed E-state index contributed by atoms with van der Waals surface area (Å²) in [6.45, 7) is 1.99. The third-order valence-electron chi connectivity index (χ3n) is 4.82. The fourth-order valence-electron chi connectivity index (χ4n) is 3.29. The van der Waals surface area contributed by atoms with Crippen LogP contribution in [0.4, 0.5) is 0 Å². The van der Waals surface area contributed by atoms with Crippen LogP contribution in [-0.2, 0) is 20.7 Å². The SMILES string of the molecule is Cc1sc(CCC(=O)CC=C2CCC(O)[C@@H]2CC=CCOCC(=O)O)cc1Br. The van der Waals surface area contributed by atoms with Gasteiger partial charge < -0.3 is 14.9 Å². The third kappa shape index (κ3) is 7.62. The maximum Gasteiger partial charge on any atom is 0.329 e. The first-order chi connectivity index (χ1) is 13.4. The summed E-state index contributed by atoms with van der Waals surface area (Å²) in [5, 5.41) is 18.7. The van der Waals surface area contributed by atoms with E-state index in [0.29, 0.717) is 19.3 Å². The molecule has 28 heavy (non-hydrogen) atoms. The van der Waals surface area contributed by atoms with Gasteiger partial charge in [0.1, 0.15) is 12.4 Å². The lowest BCUT2D eigenvalue weighted by atomic mass is 9.95. The number of allylic oxidation sites excluding steroid dienone is 2. The van der Waals surface area contributed by atoms with E-state index >= 15 is 0 Å². The molecule has 0 aromatic carbocycles. The first-order valence-electron chi connectivity index (χ1n) is 9.45. The molecule has 2 atom stereocenters. The molecule has 0 spiro atoms. The molecule has 2 N–H and O–H groups in total. The van der Waals surface area contributed by atoms with Crippen molar-refractivity contribution in [2.75, 3.05) is 13.2 Å². The summed E-state index contributed by atoms with van der Waals surface area (Å²) >= 11 is 5.22. The first kappa shape index (κ1) is 23.0. The predicted octanol–water partition coefficient (Wildman–Crippen LogP) is 4.46.